The monoisotopic (exact) mass is 430 g/mol. The third-order valence-corrected chi connectivity index (χ3v) is 3.94. The minimum absolute atomic E-state index is 0.107. The molecule has 1 atom stereocenters. The molecule has 1 aromatic carbocycles. The van der Waals surface area contributed by atoms with Crippen LogP contribution in [0.15, 0.2) is 35.5 Å². The average Bonchev–Trinajstić information content (AvgIpc) is 2.65. The molecule has 0 aliphatic carbocycles. The summed E-state index contributed by atoms with van der Waals surface area (Å²) in [7, 11) is 0. The maximum atomic E-state index is 12.2. The number of carbonyl (C=O) groups is 3. The summed E-state index contributed by atoms with van der Waals surface area (Å²) in [5, 5.41) is 4.95. The molecule has 0 aromatic heterocycles. The average molecular weight is 430 g/mol. The van der Waals surface area contributed by atoms with Gasteiger partial charge in [-0.3, -0.25) is 0 Å². The van der Waals surface area contributed by atoms with Gasteiger partial charge in [0.15, 0.2) is 0 Å². The quantitative estimate of drug-likeness (QED) is 0.615. The Hall–Kier alpha value is -3.08. The van der Waals surface area contributed by atoms with E-state index in [1.54, 1.807) is 13.8 Å². The van der Waals surface area contributed by atoms with Crippen molar-refractivity contribution in [2.24, 2.45) is 0 Å². The summed E-state index contributed by atoms with van der Waals surface area (Å²) in [6.07, 6.45) is -4.41. The minimum Gasteiger partial charge on any atom is -0.463 e. The number of halogens is 3. The number of hydrogen-bond acceptors (Lipinski definition) is 6. The van der Waals surface area contributed by atoms with Gasteiger partial charge >= 0.3 is 24.1 Å². The number of hydrogen-bond donors (Lipinski definition) is 2. The lowest BCUT2D eigenvalue weighted by molar-refractivity contribution is -0.176. The first-order valence-electron chi connectivity index (χ1n) is 8.99. The topological polar surface area (TPSA) is 103 Å². The lowest BCUT2D eigenvalue weighted by atomic mass is 10.0. The first kappa shape index (κ1) is 23.2. The van der Waals surface area contributed by atoms with Gasteiger partial charge in [0.05, 0.1) is 36.1 Å². The molecular weight excluding hydrogens is 409 g/mol. The highest BCUT2D eigenvalue weighted by molar-refractivity contribution is 5.95. The van der Waals surface area contributed by atoms with Crippen LogP contribution in [0.25, 0.3) is 0 Å². The molecule has 2 rings (SSSR count). The van der Waals surface area contributed by atoms with Crippen molar-refractivity contribution < 1.29 is 41.8 Å². The molecule has 0 bridgehead atoms. The molecule has 1 heterocycles. The van der Waals surface area contributed by atoms with Crippen LogP contribution >= 0.6 is 0 Å². The summed E-state index contributed by atoms with van der Waals surface area (Å²) in [6.45, 7) is 1.35. The van der Waals surface area contributed by atoms with Crippen LogP contribution in [0.5, 0.6) is 0 Å². The molecule has 1 unspecified atom stereocenters. The van der Waals surface area contributed by atoms with Crippen LogP contribution in [-0.2, 0) is 25.6 Å². The zero-order valence-corrected chi connectivity index (χ0v) is 16.3. The van der Waals surface area contributed by atoms with Crippen molar-refractivity contribution in [1.29, 1.82) is 0 Å². The van der Waals surface area contributed by atoms with Gasteiger partial charge in [-0.1, -0.05) is 12.1 Å². The predicted octanol–water partition coefficient (Wildman–Crippen LogP) is 2.44. The lowest BCUT2D eigenvalue weighted by Gasteiger charge is -2.26. The number of ether oxygens (including phenoxy) is 3. The molecule has 2 N–H and O–H groups in total. The fourth-order valence-electron chi connectivity index (χ4n) is 2.64. The van der Waals surface area contributed by atoms with Crippen molar-refractivity contribution in [2.75, 3.05) is 19.8 Å². The Morgan fingerprint density at radius 2 is 1.73 bits per heavy atom. The van der Waals surface area contributed by atoms with E-state index in [4.69, 9.17) is 9.47 Å². The van der Waals surface area contributed by atoms with Crippen LogP contribution in [0, 0.1) is 0 Å². The van der Waals surface area contributed by atoms with E-state index in [1.165, 1.54) is 24.3 Å². The molecule has 0 saturated carbocycles. The molecule has 1 aliphatic rings. The number of alkyl halides is 3. The molecule has 0 spiro atoms. The van der Waals surface area contributed by atoms with Crippen LogP contribution in [-0.4, -0.2) is 50.0 Å². The van der Waals surface area contributed by atoms with Crippen LogP contribution in [0.4, 0.5) is 18.0 Å². The summed E-state index contributed by atoms with van der Waals surface area (Å²) >= 11 is 0. The normalized spacial score (nSPS) is 16.6. The van der Waals surface area contributed by atoms with Gasteiger partial charge in [-0.2, -0.15) is 13.2 Å². The number of urea groups is 1. The van der Waals surface area contributed by atoms with Crippen molar-refractivity contribution in [1.82, 2.24) is 10.6 Å². The molecule has 11 heteroatoms. The summed E-state index contributed by atoms with van der Waals surface area (Å²) in [5.74, 6) is -1.39. The van der Waals surface area contributed by atoms with Gasteiger partial charge in [-0.15, -0.1) is 0 Å². The van der Waals surface area contributed by atoms with E-state index in [0.29, 0.717) is 5.56 Å². The largest absolute Gasteiger partial charge is 0.463 e. The fraction of sp³-hybridized carbons (Fsp3) is 0.421. The minimum atomic E-state index is -4.41. The van der Waals surface area contributed by atoms with Crippen molar-refractivity contribution >= 4 is 18.0 Å². The van der Waals surface area contributed by atoms with E-state index in [1.807, 2.05) is 0 Å². The molecule has 8 nitrogen and oxygen atoms in total. The molecule has 0 saturated heterocycles. The molecule has 0 fully saturated rings. The number of esters is 2. The Bertz CT molecular complexity index is 821. The van der Waals surface area contributed by atoms with E-state index in [2.05, 4.69) is 15.4 Å². The Morgan fingerprint density at radius 3 is 2.33 bits per heavy atom. The number of benzene rings is 1. The second kappa shape index (κ2) is 10.1. The maximum Gasteiger partial charge on any atom is 0.411 e. The SMILES string of the molecule is CCOC(=O)C1=C(COC(=O)c2ccc(COCC(F)(F)F)cc2)NC(=O)NC1C. The van der Waals surface area contributed by atoms with Gasteiger partial charge < -0.3 is 24.8 Å². The van der Waals surface area contributed by atoms with Crippen LogP contribution < -0.4 is 10.6 Å². The number of carbonyl (C=O) groups excluding carboxylic acids is 3. The standard InChI is InChI=1S/C19H21F3N2O6/c1-3-29-17(26)15-11(2)23-18(27)24-14(15)9-30-16(25)13-6-4-12(5-7-13)8-28-10-19(20,21)22/h4-7,11H,3,8-10H2,1-2H3,(H2,23,24,27). The zero-order chi connectivity index (χ0) is 22.3. The maximum absolute atomic E-state index is 12.2. The third kappa shape index (κ3) is 6.76. The Morgan fingerprint density at radius 1 is 1.07 bits per heavy atom. The molecule has 2 amide bonds. The molecule has 0 radical (unpaired) electrons. The highest BCUT2D eigenvalue weighted by Gasteiger charge is 2.30. The third-order valence-electron chi connectivity index (χ3n) is 3.94. The second-order valence-corrected chi connectivity index (χ2v) is 6.31. The molecule has 1 aliphatic heterocycles. The van der Waals surface area contributed by atoms with Crippen LogP contribution in [0.2, 0.25) is 0 Å². The van der Waals surface area contributed by atoms with Gasteiger partial charge in [-0.05, 0) is 31.5 Å². The van der Waals surface area contributed by atoms with E-state index in [-0.39, 0.29) is 36.7 Å². The van der Waals surface area contributed by atoms with Crippen molar-refractivity contribution in [3.05, 3.63) is 46.7 Å². The second-order valence-electron chi connectivity index (χ2n) is 6.31. The highest BCUT2D eigenvalue weighted by Crippen LogP contribution is 2.17. The number of amides is 2. The predicted molar refractivity (Wildman–Crippen MR) is 97.2 cm³/mol. The molecule has 164 valence electrons. The van der Waals surface area contributed by atoms with Crippen LogP contribution in [0.1, 0.15) is 29.8 Å². The summed E-state index contributed by atoms with van der Waals surface area (Å²) < 4.78 is 50.9. The number of nitrogens with one attached hydrogen (secondary N) is 2. The smallest absolute Gasteiger partial charge is 0.411 e. The van der Waals surface area contributed by atoms with Gasteiger partial charge in [0, 0.05) is 0 Å². The lowest BCUT2D eigenvalue weighted by Crippen LogP contribution is -2.50. The first-order chi connectivity index (χ1) is 14.1. The van der Waals surface area contributed by atoms with Gasteiger partial charge in [0.2, 0.25) is 0 Å². The van der Waals surface area contributed by atoms with Gasteiger partial charge in [0.1, 0.15) is 13.2 Å². The van der Waals surface area contributed by atoms with E-state index < -0.39 is 36.8 Å². The zero-order valence-electron chi connectivity index (χ0n) is 16.3. The van der Waals surface area contributed by atoms with Crippen molar-refractivity contribution in [2.45, 2.75) is 32.7 Å². The Labute approximate surface area is 170 Å². The van der Waals surface area contributed by atoms with Gasteiger partial charge in [-0.25, -0.2) is 14.4 Å². The van der Waals surface area contributed by atoms with E-state index in [9.17, 15) is 27.6 Å². The molecular formula is C19H21F3N2O6. The van der Waals surface area contributed by atoms with Gasteiger partial charge in [0.25, 0.3) is 0 Å². The van der Waals surface area contributed by atoms with E-state index in [0.717, 1.165) is 0 Å². The first-order valence-corrected chi connectivity index (χ1v) is 8.99. The Balaban J connectivity index is 2.00. The van der Waals surface area contributed by atoms with E-state index >= 15 is 0 Å². The summed E-state index contributed by atoms with van der Waals surface area (Å²) in [6, 6.07) is 4.43. The fourth-order valence-corrected chi connectivity index (χ4v) is 2.64. The van der Waals surface area contributed by atoms with Crippen LogP contribution in [0.3, 0.4) is 0 Å². The summed E-state index contributed by atoms with van der Waals surface area (Å²) in [4.78, 5) is 36.1. The Kier molecular flexibility index (Phi) is 7.81. The molecule has 1 aromatic rings. The van der Waals surface area contributed by atoms with Crippen molar-refractivity contribution in [3.63, 3.8) is 0 Å². The highest BCUT2D eigenvalue weighted by atomic mass is 19.4. The number of rotatable bonds is 8. The van der Waals surface area contributed by atoms with Crippen molar-refractivity contribution in [3.8, 4) is 0 Å². The summed E-state index contributed by atoms with van der Waals surface area (Å²) in [5.41, 5.74) is 0.834. The molecule has 30 heavy (non-hydrogen) atoms.